The number of hydrogen-bond acceptors (Lipinski definition) is 7. The molecule has 30 heavy (non-hydrogen) atoms. The van der Waals surface area contributed by atoms with Crippen molar-refractivity contribution in [3.63, 3.8) is 0 Å². The zero-order chi connectivity index (χ0) is 21.3. The van der Waals surface area contributed by atoms with Gasteiger partial charge in [0.05, 0.1) is 24.5 Å². The summed E-state index contributed by atoms with van der Waals surface area (Å²) < 4.78 is 7.75. The molecule has 0 radical (unpaired) electrons. The van der Waals surface area contributed by atoms with Gasteiger partial charge in [-0.25, -0.2) is 4.98 Å². The highest BCUT2D eigenvalue weighted by Gasteiger charge is 2.35. The molecule has 4 rings (SSSR count). The molecule has 1 saturated heterocycles. The number of aromatic nitrogens is 4. The third-order valence-electron chi connectivity index (χ3n) is 5.77. The molecule has 2 aliphatic heterocycles. The van der Waals surface area contributed by atoms with E-state index in [9.17, 15) is 4.79 Å². The fraction of sp³-hybridized carbons (Fsp3) is 0.619. The Balaban J connectivity index is 1.43. The van der Waals surface area contributed by atoms with Gasteiger partial charge in [0.1, 0.15) is 11.7 Å². The fourth-order valence-corrected chi connectivity index (χ4v) is 4.23. The van der Waals surface area contributed by atoms with Gasteiger partial charge in [-0.15, -0.1) is 0 Å². The van der Waals surface area contributed by atoms with Crippen LogP contribution in [0.25, 0.3) is 0 Å². The van der Waals surface area contributed by atoms with Crippen molar-refractivity contribution in [2.24, 2.45) is 5.92 Å². The number of fused-ring (bicyclic) bond motifs is 1. The number of nitrogens with zero attached hydrogens (tertiary/aromatic N) is 5. The Hall–Kier alpha value is -2.68. The molecule has 4 heterocycles. The van der Waals surface area contributed by atoms with Crippen LogP contribution >= 0.6 is 0 Å². The number of carbonyl (C=O) groups is 1. The molecule has 2 atom stereocenters. The van der Waals surface area contributed by atoms with E-state index in [0.717, 1.165) is 43.1 Å². The van der Waals surface area contributed by atoms with Crippen molar-refractivity contribution in [1.29, 1.82) is 0 Å². The Morgan fingerprint density at radius 1 is 1.33 bits per heavy atom. The largest absolute Gasteiger partial charge is 0.376 e. The number of ether oxygens (including phenoxy) is 1. The van der Waals surface area contributed by atoms with Crippen LogP contribution in [-0.2, 0) is 22.6 Å². The Kier molecular flexibility index (Phi) is 5.90. The van der Waals surface area contributed by atoms with Crippen molar-refractivity contribution in [2.75, 3.05) is 29.2 Å². The molecule has 2 N–H and O–H groups in total. The SMILES string of the molecule is Cc1nc(NCc2cnn(C[C@H]3CCCCO3)c2)nc2c1NC(=O)[C@H](C(C)C)N2C. The lowest BCUT2D eigenvalue weighted by molar-refractivity contribution is -0.118. The van der Waals surface area contributed by atoms with E-state index in [1.807, 2.05) is 49.8 Å². The molecule has 9 nitrogen and oxygen atoms in total. The minimum atomic E-state index is -0.250. The van der Waals surface area contributed by atoms with E-state index in [-0.39, 0.29) is 24.0 Å². The highest BCUT2D eigenvalue weighted by molar-refractivity contribution is 6.03. The van der Waals surface area contributed by atoms with Crippen molar-refractivity contribution in [3.05, 3.63) is 23.7 Å². The predicted octanol–water partition coefficient (Wildman–Crippen LogP) is 2.58. The average Bonchev–Trinajstić information content (AvgIpc) is 3.15. The lowest BCUT2D eigenvalue weighted by atomic mass is 9.99. The highest BCUT2D eigenvalue weighted by atomic mass is 16.5. The number of nitrogens with one attached hydrogen (secondary N) is 2. The minimum Gasteiger partial charge on any atom is -0.376 e. The molecule has 0 saturated carbocycles. The number of carbonyl (C=O) groups excluding carboxylic acids is 1. The second-order valence-electron chi connectivity index (χ2n) is 8.53. The van der Waals surface area contributed by atoms with E-state index in [4.69, 9.17) is 4.74 Å². The predicted molar refractivity (Wildman–Crippen MR) is 116 cm³/mol. The van der Waals surface area contributed by atoms with Crippen molar-refractivity contribution in [2.45, 2.75) is 65.3 Å². The van der Waals surface area contributed by atoms with Gasteiger partial charge in [0.15, 0.2) is 5.82 Å². The zero-order valence-electron chi connectivity index (χ0n) is 18.2. The lowest BCUT2D eigenvalue weighted by Crippen LogP contribution is -2.49. The molecule has 9 heteroatoms. The molecule has 2 aromatic heterocycles. The second-order valence-corrected chi connectivity index (χ2v) is 8.53. The molecular weight excluding hydrogens is 382 g/mol. The number of aryl methyl sites for hydroxylation is 1. The van der Waals surface area contributed by atoms with Crippen LogP contribution in [0.5, 0.6) is 0 Å². The zero-order valence-corrected chi connectivity index (χ0v) is 18.2. The van der Waals surface area contributed by atoms with Crippen molar-refractivity contribution < 1.29 is 9.53 Å². The topological polar surface area (TPSA) is 97.2 Å². The molecule has 0 aliphatic carbocycles. The normalized spacial score (nSPS) is 21.5. The van der Waals surface area contributed by atoms with Crippen LogP contribution in [0.3, 0.4) is 0 Å². The first-order valence-corrected chi connectivity index (χ1v) is 10.7. The van der Waals surface area contributed by atoms with Crippen molar-refractivity contribution in [3.8, 4) is 0 Å². The molecule has 1 fully saturated rings. The maximum Gasteiger partial charge on any atom is 0.247 e. The number of rotatable bonds is 6. The van der Waals surface area contributed by atoms with E-state index >= 15 is 0 Å². The molecule has 0 spiro atoms. The molecule has 2 aliphatic rings. The summed E-state index contributed by atoms with van der Waals surface area (Å²) in [5, 5.41) is 10.7. The summed E-state index contributed by atoms with van der Waals surface area (Å²) in [6.45, 7) is 8.17. The Morgan fingerprint density at radius 3 is 2.90 bits per heavy atom. The molecular formula is C21H31N7O2. The van der Waals surface area contributed by atoms with Gasteiger partial charge in [-0.05, 0) is 32.1 Å². The van der Waals surface area contributed by atoms with Gasteiger partial charge >= 0.3 is 0 Å². The molecule has 0 aromatic carbocycles. The van der Waals surface area contributed by atoms with Gasteiger partial charge in [-0.3, -0.25) is 9.48 Å². The summed E-state index contributed by atoms with van der Waals surface area (Å²) >= 11 is 0. The average molecular weight is 414 g/mol. The quantitative estimate of drug-likeness (QED) is 0.751. The van der Waals surface area contributed by atoms with Crippen LogP contribution in [0.15, 0.2) is 12.4 Å². The van der Waals surface area contributed by atoms with Gasteiger partial charge in [-0.1, -0.05) is 13.8 Å². The molecule has 1 amide bonds. The van der Waals surface area contributed by atoms with Gasteiger partial charge < -0.3 is 20.3 Å². The third-order valence-corrected chi connectivity index (χ3v) is 5.77. The summed E-state index contributed by atoms with van der Waals surface area (Å²) in [6.07, 6.45) is 7.63. The first-order valence-electron chi connectivity index (χ1n) is 10.7. The minimum absolute atomic E-state index is 0.0123. The van der Waals surface area contributed by atoms with Crippen LogP contribution in [0.2, 0.25) is 0 Å². The van der Waals surface area contributed by atoms with Crippen molar-refractivity contribution in [1.82, 2.24) is 19.7 Å². The first kappa shape index (κ1) is 20.6. The first-order chi connectivity index (χ1) is 14.4. The summed E-state index contributed by atoms with van der Waals surface area (Å²) in [5.41, 5.74) is 2.49. The van der Waals surface area contributed by atoms with Gasteiger partial charge in [0, 0.05) is 32.0 Å². The van der Waals surface area contributed by atoms with E-state index < -0.39 is 0 Å². The maximum absolute atomic E-state index is 12.5. The summed E-state index contributed by atoms with van der Waals surface area (Å²) in [4.78, 5) is 23.6. The standard InChI is InChI=1S/C21H31N7O2/c1-13(2)18-20(29)25-17-14(3)24-21(26-19(17)27(18)4)22-9-15-10-23-28(11-15)12-16-7-5-6-8-30-16/h10-11,13,16,18H,5-9,12H2,1-4H3,(H,25,29)(H,22,24,26)/t16-,18+/m1/s1. The smallest absolute Gasteiger partial charge is 0.247 e. The molecule has 0 bridgehead atoms. The van der Waals surface area contributed by atoms with Crippen LogP contribution in [-0.4, -0.2) is 51.5 Å². The van der Waals surface area contributed by atoms with Crippen LogP contribution in [0, 0.1) is 12.8 Å². The Bertz CT molecular complexity index is 905. The van der Waals surface area contributed by atoms with Crippen LogP contribution < -0.4 is 15.5 Å². The molecule has 162 valence electrons. The summed E-state index contributed by atoms with van der Waals surface area (Å²) in [6, 6.07) is -0.250. The second kappa shape index (κ2) is 8.59. The fourth-order valence-electron chi connectivity index (χ4n) is 4.23. The van der Waals surface area contributed by atoms with Crippen LogP contribution in [0.4, 0.5) is 17.5 Å². The number of amides is 1. The summed E-state index contributed by atoms with van der Waals surface area (Å²) in [7, 11) is 1.91. The van der Waals surface area contributed by atoms with Crippen molar-refractivity contribution >= 4 is 23.4 Å². The molecule has 2 aromatic rings. The lowest BCUT2D eigenvalue weighted by Gasteiger charge is -2.36. The van der Waals surface area contributed by atoms with Gasteiger partial charge in [-0.2, -0.15) is 10.1 Å². The van der Waals surface area contributed by atoms with Gasteiger partial charge in [0.2, 0.25) is 11.9 Å². The third kappa shape index (κ3) is 4.26. The van der Waals surface area contributed by atoms with E-state index in [1.54, 1.807) is 0 Å². The Morgan fingerprint density at radius 2 is 2.17 bits per heavy atom. The van der Waals surface area contributed by atoms with E-state index in [0.29, 0.717) is 18.2 Å². The number of hydrogen-bond donors (Lipinski definition) is 2. The summed E-state index contributed by atoms with van der Waals surface area (Å²) in [5.74, 6) is 1.45. The molecule has 0 unspecified atom stereocenters. The number of likely N-dealkylation sites (N-methyl/N-ethyl adjacent to an activating group) is 1. The number of anilines is 3. The van der Waals surface area contributed by atoms with Gasteiger partial charge in [0.25, 0.3) is 0 Å². The monoisotopic (exact) mass is 413 g/mol. The van der Waals surface area contributed by atoms with E-state index in [2.05, 4.69) is 25.7 Å². The Labute approximate surface area is 177 Å². The van der Waals surface area contributed by atoms with E-state index in [1.165, 1.54) is 6.42 Å². The maximum atomic E-state index is 12.5. The highest BCUT2D eigenvalue weighted by Crippen LogP contribution is 2.34. The van der Waals surface area contributed by atoms with Crippen LogP contribution in [0.1, 0.15) is 44.4 Å².